The van der Waals surface area contributed by atoms with Gasteiger partial charge in [0.05, 0.1) is 11.7 Å². The van der Waals surface area contributed by atoms with Gasteiger partial charge in [-0.25, -0.2) is 9.37 Å². The normalized spacial score (nSPS) is 21.5. The van der Waals surface area contributed by atoms with Crippen LogP contribution in [0.2, 0.25) is 0 Å². The van der Waals surface area contributed by atoms with E-state index in [0.29, 0.717) is 13.1 Å². The Hall–Kier alpha value is -1.99. The number of hydrogen-bond acceptors (Lipinski definition) is 5. The van der Waals surface area contributed by atoms with Gasteiger partial charge in [-0.2, -0.15) is 0 Å². The van der Waals surface area contributed by atoms with E-state index in [-0.39, 0.29) is 23.7 Å². The van der Waals surface area contributed by atoms with Crippen LogP contribution in [0, 0.1) is 18.7 Å². The van der Waals surface area contributed by atoms with Crippen molar-refractivity contribution in [3.05, 3.63) is 46.7 Å². The summed E-state index contributed by atoms with van der Waals surface area (Å²) in [4.78, 5) is 22.0. The van der Waals surface area contributed by atoms with Gasteiger partial charge < -0.3 is 15.1 Å². The fourth-order valence-corrected chi connectivity index (χ4v) is 4.88. The summed E-state index contributed by atoms with van der Waals surface area (Å²) < 4.78 is 13.7. The van der Waals surface area contributed by atoms with Crippen LogP contribution in [-0.2, 0) is 4.79 Å². The molecule has 5 nitrogen and oxygen atoms in total. The Morgan fingerprint density at radius 1 is 1.30 bits per heavy atom. The van der Waals surface area contributed by atoms with Gasteiger partial charge in [0.1, 0.15) is 5.82 Å². The molecule has 0 aliphatic carbocycles. The minimum Gasteiger partial charge on any atom is -0.348 e. The SMILES string of the molecule is Cc1csc(N2CCC(C(=O)N3CCNCC3c3cccc(F)c3)CC2)n1. The van der Waals surface area contributed by atoms with Crippen LogP contribution in [0.5, 0.6) is 0 Å². The van der Waals surface area contributed by atoms with Gasteiger partial charge in [0.25, 0.3) is 0 Å². The molecule has 0 radical (unpaired) electrons. The number of carbonyl (C=O) groups is 1. The van der Waals surface area contributed by atoms with Gasteiger partial charge in [-0.3, -0.25) is 4.79 Å². The summed E-state index contributed by atoms with van der Waals surface area (Å²) in [5.74, 6) is -0.00489. The number of benzene rings is 1. The number of anilines is 1. The van der Waals surface area contributed by atoms with Crippen molar-refractivity contribution in [1.82, 2.24) is 15.2 Å². The first-order valence-corrected chi connectivity index (χ1v) is 10.4. The topological polar surface area (TPSA) is 48.5 Å². The number of carbonyl (C=O) groups excluding carboxylic acids is 1. The highest BCUT2D eigenvalue weighted by Gasteiger charge is 2.34. The summed E-state index contributed by atoms with van der Waals surface area (Å²) in [5.41, 5.74) is 1.91. The largest absolute Gasteiger partial charge is 0.348 e. The monoisotopic (exact) mass is 388 g/mol. The number of amides is 1. The molecule has 2 saturated heterocycles. The minimum absolute atomic E-state index is 0.0384. The molecule has 1 N–H and O–H groups in total. The molecule has 0 spiro atoms. The van der Waals surface area contributed by atoms with Gasteiger partial charge in [0.15, 0.2) is 5.13 Å². The summed E-state index contributed by atoms with van der Waals surface area (Å²) in [6.07, 6.45) is 1.69. The average molecular weight is 389 g/mol. The third-order valence-corrected chi connectivity index (χ3v) is 6.50. The predicted molar refractivity (Wildman–Crippen MR) is 106 cm³/mol. The molecule has 1 unspecified atom stereocenters. The van der Waals surface area contributed by atoms with Crippen LogP contribution in [0.4, 0.5) is 9.52 Å². The Bertz CT molecular complexity index is 803. The minimum atomic E-state index is -0.252. The van der Waals surface area contributed by atoms with E-state index in [2.05, 4.69) is 20.6 Å². The van der Waals surface area contributed by atoms with E-state index in [4.69, 9.17) is 0 Å². The molecule has 1 aromatic carbocycles. The number of piperidine rings is 1. The second-order valence-corrected chi connectivity index (χ2v) is 8.18. The van der Waals surface area contributed by atoms with Crippen molar-refractivity contribution in [3.8, 4) is 0 Å². The lowest BCUT2D eigenvalue weighted by Gasteiger charge is -2.40. The first-order valence-electron chi connectivity index (χ1n) is 9.55. The number of aryl methyl sites for hydroxylation is 1. The average Bonchev–Trinajstić information content (AvgIpc) is 3.14. The maximum Gasteiger partial charge on any atom is 0.226 e. The summed E-state index contributed by atoms with van der Waals surface area (Å²) in [6, 6.07) is 6.53. The number of hydrogen-bond donors (Lipinski definition) is 1. The molecule has 3 heterocycles. The first kappa shape index (κ1) is 18.4. The van der Waals surface area contributed by atoms with E-state index in [9.17, 15) is 9.18 Å². The zero-order valence-electron chi connectivity index (χ0n) is 15.5. The van der Waals surface area contributed by atoms with Crippen LogP contribution in [-0.4, -0.2) is 48.5 Å². The van der Waals surface area contributed by atoms with Gasteiger partial charge in [-0.1, -0.05) is 12.1 Å². The van der Waals surface area contributed by atoms with Crippen molar-refractivity contribution in [3.63, 3.8) is 0 Å². The Balaban J connectivity index is 1.43. The van der Waals surface area contributed by atoms with E-state index in [0.717, 1.165) is 48.9 Å². The third-order valence-electron chi connectivity index (χ3n) is 5.48. The molecule has 0 bridgehead atoms. The molecule has 2 aromatic rings. The Morgan fingerprint density at radius 2 is 2.11 bits per heavy atom. The molecule has 0 saturated carbocycles. The zero-order valence-corrected chi connectivity index (χ0v) is 16.3. The van der Waals surface area contributed by atoms with Gasteiger partial charge >= 0.3 is 0 Å². The molecule has 7 heteroatoms. The molecule has 1 aromatic heterocycles. The molecule has 2 aliphatic heterocycles. The molecule has 27 heavy (non-hydrogen) atoms. The number of rotatable bonds is 3. The van der Waals surface area contributed by atoms with E-state index in [1.165, 1.54) is 6.07 Å². The van der Waals surface area contributed by atoms with Crippen molar-refractivity contribution in [2.45, 2.75) is 25.8 Å². The van der Waals surface area contributed by atoms with Crippen LogP contribution >= 0.6 is 11.3 Å². The predicted octanol–water partition coefficient (Wildman–Crippen LogP) is 2.98. The molecule has 1 atom stereocenters. The number of piperazine rings is 1. The van der Waals surface area contributed by atoms with Crippen molar-refractivity contribution in [2.75, 3.05) is 37.6 Å². The lowest BCUT2D eigenvalue weighted by atomic mass is 9.93. The highest BCUT2D eigenvalue weighted by Crippen LogP contribution is 2.30. The quantitative estimate of drug-likeness (QED) is 0.878. The number of halogens is 1. The molecule has 1 amide bonds. The molecule has 2 fully saturated rings. The number of aromatic nitrogens is 1. The van der Waals surface area contributed by atoms with E-state index in [1.54, 1.807) is 23.5 Å². The van der Waals surface area contributed by atoms with Crippen LogP contribution in [0.15, 0.2) is 29.6 Å². The van der Waals surface area contributed by atoms with Crippen LogP contribution in [0.25, 0.3) is 0 Å². The molecule has 4 rings (SSSR count). The summed E-state index contributed by atoms with van der Waals surface area (Å²) in [6.45, 7) is 5.86. The number of nitrogens with zero attached hydrogens (tertiary/aromatic N) is 3. The Morgan fingerprint density at radius 3 is 2.81 bits per heavy atom. The first-order chi connectivity index (χ1) is 13.1. The van der Waals surface area contributed by atoms with Crippen LogP contribution in [0.1, 0.15) is 30.1 Å². The van der Waals surface area contributed by atoms with Gasteiger partial charge in [-0.05, 0) is 37.5 Å². The number of nitrogens with one attached hydrogen (secondary N) is 1. The van der Waals surface area contributed by atoms with Crippen LogP contribution in [0.3, 0.4) is 0 Å². The summed E-state index contributed by atoms with van der Waals surface area (Å²) >= 11 is 1.67. The smallest absolute Gasteiger partial charge is 0.226 e. The number of thiazole rings is 1. The maximum absolute atomic E-state index is 13.7. The fraction of sp³-hybridized carbons (Fsp3) is 0.500. The Labute approximate surface area is 163 Å². The Kier molecular flexibility index (Phi) is 5.41. The highest BCUT2D eigenvalue weighted by molar-refractivity contribution is 7.13. The van der Waals surface area contributed by atoms with Crippen molar-refractivity contribution < 1.29 is 9.18 Å². The van der Waals surface area contributed by atoms with Crippen LogP contribution < -0.4 is 10.2 Å². The molecule has 2 aliphatic rings. The fourth-order valence-electron chi connectivity index (χ4n) is 4.02. The second kappa shape index (κ2) is 7.94. The second-order valence-electron chi connectivity index (χ2n) is 7.34. The summed E-state index contributed by atoms with van der Waals surface area (Å²) in [5, 5.41) is 6.46. The standard InChI is InChI=1S/C20H25FN4OS/c1-14-13-27-20(23-14)24-8-5-15(6-9-24)19(26)25-10-7-22-12-18(25)16-3-2-4-17(21)11-16/h2-4,11,13,15,18,22H,5-10,12H2,1H3. The van der Waals surface area contributed by atoms with Gasteiger partial charge in [-0.15, -0.1) is 11.3 Å². The molecule has 144 valence electrons. The van der Waals surface area contributed by atoms with E-state index < -0.39 is 0 Å². The lowest BCUT2D eigenvalue weighted by Crippen LogP contribution is -2.51. The summed E-state index contributed by atoms with van der Waals surface area (Å²) in [7, 11) is 0. The highest BCUT2D eigenvalue weighted by atomic mass is 32.1. The lowest BCUT2D eigenvalue weighted by molar-refractivity contribution is -0.139. The van der Waals surface area contributed by atoms with Gasteiger partial charge in [0, 0.05) is 44.0 Å². The van der Waals surface area contributed by atoms with Gasteiger partial charge in [0.2, 0.25) is 5.91 Å². The van der Waals surface area contributed by atoms with Crippen molar-refractivity contribution in [2.24, 2.45) is 5.92 Å². The molecular weight excluding hydrogens is 363 g/mol. The zero-order chi connectivity index (χ0) is 18.8. The maximum atomic E-state index is 13.7. The molecular formula is C20H25FN4OS. The van der Waals surface area contributed by atoms with E-state index >= 15 is 0 Å². The van der Waals surface area contributed by atoms with E-state index in [1.807, 2.05) is 17.9 Å². The third kappa shape index (κ3) is 3.99. The van der Waals surface area contributed by atoms with Crippen molar-refractivity contribution >= 4 is 22.4 Å². The van der Waals surface area contributed by atoms with Crippen molar-refractivity contribution in [1.29, 1.82) is 0 Å².